The third kappa shape index (κ3) is 4.32. The molecule has 156 valence electrons. The van der Waals surface area contributed by atoms with Gasteiger partial charge in [-0.25, -0.2) is 9.78 Å². The zero-order valence-electron chi connectivity index (χ0n) is 17.1. The highest BCUT2D eigenvalue weighted by molar-refractivity contribution is 5.89. The van der Waals surface area contributed by atoms with E-state index >= 15 is 0 Å². The predicted octanol–water partition coefficient (Wildman–Crippen LogP) is 4.25. The summed E-state index contributed by atoms with van der Waals surface area (Å²) in [6.45, 7) is 2.08. The predicted molar refractivity (Wildman–Crippen MR) is 120 cm³/mol. The van der Waals surface area contributed by atoms with Crippen molar-refractivity contribution >= 4 is 23.3 Å². The molecule has 2 aromatic carbocycles. The van der Waals surface area contributed by atoms with Gasteiger partial charge < -0.3 is 16.0 Å². The van der Waals surface area contributed by atoms with Gasteiger partial charge in [-0.15, -0.1) is 0 Å². The summed E-state index contributed by atoms with van der Waals surface area (Å²) in [6.07, 6.45) is 3.63. The number of carbonyl (C=O) groups is 1. The van der Waals surface area contributed by atoms with E-state index in [1.165, 1.54) is 6.33 Å². The Bertz CT molecular complexity index is 1200. The summed E-state index contributed by atoms with van der Waals surface area (Å²) in [5.74, 6) is 1.34. The molecule has 0 saturated heterocycles. The minimum atomic E-state index is -0.153. The van der Waals surface area contributed by atoms with Crippen LogP contribution in [0.25, 0.3) is 17.0 Å². The third-order valence-electron chi connectivity index (χ3n) is 5.27. The van der Waals surface area contributed by atoms with E-state index in [1.807, 2.05) is 60.7 Å². The van der Waals surface area contributed by atoms with Crippen molar-refractivity contribution in [2.24, 2.45) is 0 Å². The number of anilines is 2. The molecule has 8 nitrogen and oxygen atoms in total. The van der Waals surface area contributed by atoms with Gasteiger partial charge in [-0.05, 0) is 37.5 Å². The van der Waals surface area contributed by atoms with Crippen LogP contribution in [0.2, 0.25) is 0 Å². The molecule has 1 fully saturated rings. The van der Waals surface area contributed by atoms with Crippen molar-refractivity contribution in [2.75, 3.05) is 10.6 Å². The lowest BCUT2D eigenvalue weighted by atomic mass is 10.1. The molecule has 1 aliphatic carbocycles. The molecule has 1 atom stereocenters. The van der Waals surface area contributed by atoms with Crippen LogP contribution < -0.4 is 16.0 Å². The Balaban J connectivity index is 1.34. The molecule has 3 N–H and O–H groups in total. The number of fused-ring (bicyclic) bond motifs is 1. The molecule has 2 heterocycles. The fraction of sp³-hybridized carbons (Fsp3) is 0.217. The number of aromatic nitrogens is 4. The number of carbonyl (C=O) groups excluding carboxylic acids is 1. The molecule has 31 heavy (non-hydrogen) atoms. The second kappa shape index (κ2) is 8.06. The number of urea groups is 1. The number of nitrogens with one attached hydrogen (secondary N) is 3. The standard InChI is InChI=1S/C23H23N7O/c1-15(16-7-9-18(10-8-16)27-23(31)28-19-11-12-19)26-21-13-20(17-5-3-2-4-6-17)29-22-24-14-25-30(21)22/h2-10,13-15,19,26H,11-12H2,1H3,(H2,27,28,31). The zero-order chi connectivity index (χ0) is 21.2. The normalized spacial score (nSPS) is 14.2. The Labute approximate surface area is 179 Å². The zero-order valence-corrected chi connectivity index (χ0v) is 17.1. The first-order valence-electron chi connectivity index (χ1n) is 10.4. The maximum atomic E-state index is 11.9. The van der Waals surface area contributed by atoms with Crippen LogP contribution in [0.4, 0.5) is 16.3 Å². The summed E-state index contributed by atoms with van der Waals surface area (Å²) in [5, 5.41) is 13.6. The van der Waals surface area contributed by atoms with Crippen LogP contribution in [0, 0.1) is 0 Å². The maximum absolute atomic E-state index is 11.9. The number of amides is 2. The van der Waals surface area contributed by atoms with Gasteiger partial charge in [-0.1, -0.05) is 42.5 Å². The SMILES string of the molecule is CC(Nc1cc(-c2ccccc2)nc2ncnn12)c1ccc(NC(=O)NC2CC2)cc1. The number of rotatable bonds is 6. The Kier molecular flexibility index (Phi) is 4.95. The van der Waals surface area contributed by atoms with Gasteiger partial charge in [0.05, 0.1) is 5.69 Å². The van der Waals surface area contributed by atoms with Crippen molar-refractivity contribution in [2.45, 2.75) is 31.8 Å². The molecule has 2 aromatic heterocycles. The smallest absolute Gasteiger partial charge is 0.319 e. The van der Waals surface area contributed by atoms with Crippen molar-refractivity contribution < 1.29 is 4.79 Å². The van der Waals surface area contributed by atoms with Crippen LogP contribution in [-0.2, 0) is 0 Å². The monoisotopic (exact) mass is 413 g/mol. The first-order chi connectivity index (χ1) is 15.2. The van der Waals surface area contributed by atoms with E-state index in [4.69, 9.17) is 0 Å². The molecule has 1 aliphatic rings. The number of hydrogen-bond donors (Lipinski definition) is 3. The molecule has 0 bridgehead atoms. The minimum absolute atomic E-state index is 0.00719. The third-order valence-corrected chi connectivity index (χ3v) is 5.27. The Morgan fingerprint density at radius 2 is 1.87 bits per heavy atom. The highest BCUT2D eigenvalue weighted by atomic mass is 16.2. The molecule has 8 heteroatoms. The van der Waals surface area contributed by atoms with Crippen LogP contribution in [0.1, 0.15) is 31.4 Å². The Morgan fingerprint density at radius 3 is 2.61 bits per heavy atom. The van der Waals surface area contributed by atoms with Crippen molar-refractivity contribution in [1.82, 2.24) is 24.9 Å². The van der Waals surface area contributed by atoms with E-state index in [0.717, 1.165) is 41.2 Å². The molecule has 2 amide bonds. The number of benzene rings is 2. The van der Waals surface area contributed by atoms with Crippen LogP contribution >= 0.6 is 0 Å². The van der Waals surface area contributed by atoms with Gasteiger partial charge in [0.2, 0.25) is 0 Å². The Morgan fingerprint density at radius 1 is 1.10 bits per heavy atom. The summed E-state index contributed by atoms with van der Waals surface area (Å²) < 4.78 is 1.70. The quantitative estimate of drug-likeness (QED) is 0.439. The van der Waals surface area contributed by atoms with Crippen LogP contribution in [0.5, 0.6) is 0 Å². The lowest BCUT2D eigenvalue weighted by Crippen LogP contribution is -2.30. The van der Waals surface area contributed by atoms with E-state index in [0.29, 0.717) is 11.8 Å². The van der Waals surface area contributed by atoms with Crippen LogP contribution in [0.3, 0.4) is 0 Å². The van der Waals surface area contributed by atoms with E-state index in [-0.39, 0.29) is 12.1 Å². The molecule has 0 radical (unpaired) electrons. The minimum Gasteiger partial charge on any atom is -0.363 e. The highest BCUT2D eigenvalue weighted by Gasteiger charge is 2.23. The molecule has 0 spiro atoms. The fourth-order valence-electron chi connectivity index (χ4n) is 3.41. The van der Waals surface area contributed by atoms with Crippen LogP contribution in [0.15, 0.2) is 67.0 Å². The van der Waals surface area contributed by atoms with Crippen molar-refractivity contribution in [3.05, 3.63) is 72.6 Å². The molecule has 1 unspecified atom stereocenters. The van der Waals surface area contributed by atoms with Gasteiger partial charge in [-0.2, -0.15) is 14.6 Å². The van der Waals surface area contributed by atoms with Gasteiger partial charge >= 0.3 is 6.03 Å². The Hall–Kier alpha value is -3.94. The van der Waals surface area contributed by atoms with Crippen molar-refractivity contribution in [3.8, 4) is 11.3 Å². The van der Waals surface area contributed by atoms with Gasteiger partial charge in [0.1, 0.15) is 12.1 Å². The van der Waals surface area contributed by atoms with Gasteiger partial charge in [0.15, 0.2) is 0 Å². The molecule has 1 saturated carbocycles. The van der Waals surface area contributed by atoms with Gasteiger partial charge in [0, 0.05) is 29.4 Å². The maximum Gasteiger partial charge on any atom is 0.319 e. The topological polar surface area (TPSA) is 96.2 Å². The summed E-state index contributed by atoms with van der Waals surface area (Å²) in [6, 6.07) is 20.0. The van der Waals surface area contributed by atoms with Gasteiger partial charge in [-0.3, -0.25) is 0 Å². The van der Waals surface area contributed by atoms with Crippen LogP contribution in [-0.4, -0.2) is 31.7 Å². The lowest BCUT2D eigenvalue weighted by Gasteiger charge is -2.17. The van der Waals surface area contributed by atoms with E-state index in [9.17, 15) is 4.79 Å². The summed E-state index contributed by atoms with van der Waals surface area (Å²) in [5.41, 5.74) is 3.70. The average molecular weight is 413 g/mol. The number of hydrogen-bond acceptors (Lipinski definition) is 5. The van der Waals surface area contributed by atoms with Gasteiger partial charge in [0.25, 0.3) is 5.78 Å². The molecular formula is C23H23N7O. The average Bonchev–Trinajstić information content (AvgIpc) is 3.46. The molecular weight excluding hydrogens is 390 g/mol. The fourth-order valence-corrected chi connectivity index (χ4v) is 3.41. The molecule has 5 rings (SSSR count). The highest BCUT2D eigenvalue weighted by Crippen LogP contribution is 2.25. The second-order valence-electron chi connectivity index (χ2n) is 7.73. The molecule has 0 aliphatic heterocycles. The summed E-state index contributed by atoms with van der Waals surface area (Å²) in [4.78, 5) is 20.8. The summed E-state index contributed by atoms with van der Waals surface area (Å²) in [7, 11) is 0. The molecule has 4 aromatic rings. The first kappa shape index (κ1) is 19.0. The second-order valence-corrected chi connectivity index (χ2v) is 7.73. The summed E-state index contributed by atoms with van der Waals surface area (Å²) >= 11 is 0. The first-order valence-corrected chi connectivity index (χ1v) is 10.4. The largest absolute Gasteiger partial charge is 0.363 e. The van der Waals surface area contributed by atoms with Crippen molar-refractivity contribution in [3.63, 3.8) is 0 Å². The van der Waals surface area contributed by atoms with E-state index in [1.54, 1.807) is 4.52 Å². The van der Waals surface area contributed by atoms with E-state index < -0.39 is 0 Å². The van der Waals surface area contributed by atoms with E-state index in [2.05, 4.69) is 37.9 Å². The number of nitrogens with zero attached hydrogens (tertiary/aromatic N) is 4. The van der Waals surface area contributed by atoms with Crippen molar-refractivity contribution in [1.29, 1.82) is 0 Å². The lowest BCUT2D eigenvalue weighted by molar-refractivity contribution is 0.251.